The summed E-state index contributed by atoms with van der Waals surface area (Å²) in [5, 5.41) is 2.99. The van der Waals surface area contributed by atoms with Gasteiger partial charge in [-0.1, -0.05) is 6.07 Å². The molecule has 0 radical (unpaired) electrons. The van der Waals surface area contributed by atoms with E-state index in [9.17, 15) is 4.79 Å². The van der Waals surface area contributed by atoms with E-state index >= 15 is 0 Å². The minimum absolute atomic E-state index is 0.0370. The molecule has 6 heteroatoms. The lowest BCUT2D eigenvalue weighted by Crippen LogP contribution is -2.15. The first-order valence-electron chi connectivity index (χ1n) is 7.28. The Morgan fingerprint density at radius 3 is 2.36 bits per heavy atom. The van der Waals surface area contributed by atoms with Gasteiger partial charge in [-0.25, -0.2) is 0 Å². The van der Waals surface area contributed by atoms with Gasteiger partial charge >= 0.3 is 0 Å². The van der Waals surface area contributed by atoms with E-state index in [2.05, 4.69) is 21.2 Å². The minimum Gasteiger partial charge on any atom is -0.496 e. The van der Waals surface area contributed by atoms with E-state index in [0.29, 0.717) is 13.1 Å². The maximum Gasteiger partial charge on any atom is 0.154 e. The van der Waals surface area contributed by atoms with E-state index in [4.69, 9.17) is 14.2 Å². The van der Waals surface area contributed by atoms with Crippen LogP contribution >= 0.6 is 15.9 Å². The molecule has 0 fully saturated rings. The predicted octanol–water partition coefficient (Wildman–Crippen LogP) is 3.15. The van der Waals surface area contributed by atoms with Crippen LogP contribution in [-0.4, -0.2) is 39.4 Å². The van der Waals surface area contributed by atoms with Crippen LogP contribution in [0.3, 0.4) is 0 Å². The summed E-state index contributed by atoms with van der Waals surface area (Å²) in [6, 6.07) is 5.82. The molecule has 5 nitrogen and oxygen atoms in total. The molecule has 0 saturated heterocycles. The second kappa shape index (κ2) is 13.7. The fourth-order valence-corrected chi connectivity index (χ4v) is 2.20. The molecule has 1 N–H and O–H groups in total. The van der Waals surface area contributed by atoms with Crippen LogP contribution in [0.25, 0.3) is 0 Å². The molecular formula is C16H26BrNO4. The number of rotatable bonds is 9. The third-order valence-electron chi connectivity index (χ3n) is 2.58. The Morgan fingerprint density at radius 1 is 1.27 bits per heavy atom. The summed E-state index contributed by atoms with van der Waals surface area (Å²) in [5.74, 6) is 0.809. The van der Waals surface area contributed by atoms with Crippen molar-refractivity contribution in [3.05, 3.63) is 28.2 Å². The van der Waals surface area contributed by atoms with Crippen LogP contribution in [0, 0.1) is 0 Å². The fraction of sp³-hybridized carbons (Fsp3) is 0.562. The number of carbonyl (C=O) groups excluding carboxylic acids is 1. The molecule has 1 aromatic rings. The maximum atomic E-state index is 10.1. The average molecular weight is 376 g/mol. The largest absolute Gasteiger partial charge is 0.496 e. The van der Waals surface area contributed by atoms with Gasteiger partial charge in [0, 0.05) is 19.8 Å². The highest BCUT2D eigenvalue weighted by Gasteiger charge is 2.00. The van der Waals surface area contributed by atoms with Crippen LogP contribution in [0.15, 0.2) is 22.7 Å². The first-order chi connectivity index (χ1) is 10.6. The highest BCUT2D eigenvalue weighted by atomic mass is 79.9. The number of nitrogens with one attached hydrogen (secondary N) is 1. The molecule has 0 aliphatic rings. The van der Waals surface area contributed by atoms with E-state index in [1.807, 2.05) is 39.0 Å². The Labute approximate surface area is 141 Å². The zero-order valence-corrected chi connectivity index (χ0v) is 15.3. The number of carbonyl (C=O) groups is 1. The molecule has 1 aromatic carbocycles. The Kier molecular flexibility index (Phi) is 13.1. The second-order valence-electron chi connectivity index (χ2n) is 4.24. The van der Waals surface area contributed by atoms with E-state index in [-0.39, 0.29) is 6.29 Å². The van der Waals surface area contributed by atoms with Gasteiger partial charge in [-0.05, 0) is 54.4 Å². The van der Waals surface area contributed by atoms with Gasteiger partial charge in [0.25, 0.3) is 0 Å². The van der Waals surface area contributed by atoms with E-state index in [0.717, 1.165) is 35.3 Å². The molecule has 22 heavy (non-hydrogen) atoms. The van der Waals surface area contributed by atoms with Crippen molar-refractivity contribution in [3.63, 3.8) is 0 Å². The third-order valence-corrected chi connectivity index (χ3v) is 3.20. The topological polar surface area (TPSA) is 56.8 Å². The van der Waals surface area contributed by atoms with Crippen molar-refractivity contribution < 1.29 is 19.0 Å². The normalized spacial score (nSPS) is 10.1. The summed E-state index contributed by atoms with van der Waals surface area (Å²) in [6.07, 6.45) is 0.809. The quantitative estimate of drug-likeness (QED) is 0.408. The summed E-state index contributed by atoms with van der Waals surface area (Å²) >= 11 is 3.39. The van der Waals surface area contributed by atoms with Crippen molar-refractivity contribution >= 4 is 22.2 Å². The maximum absolute atomic E-state index is 10.1. The van der Waals surface area contributed by atoms with Gasteiger partial charge in [-0.2, -0.15) is 0 Å². The molecule has 0 unspecified atom stereocenters. The first kappa shape index (κ1) is 21.0. The van der Waals surface area contributed by atoms with Crippen LogP contribution in [0.1, 0.15) is 26.3 Å². The smallest absolute Gasteiger partial charge is 0.154 e. The van der Waals surface area contributed by atoms with Crippen molar-refractivity contribution in [3.8, 4) is 5.75 Å². The van der Waals surface area contributed by atoms with Crippen LogP contribution in [0.4, 0.5) is 0 Å². The highest BCUT2D eigenvalue weighted by molar-refractivity contribution is 9.10. The number of hydrogen-bond donors (Lipinski definition) is 1. The van der Waals surface area contributed by atoms with Gasteiger partial charge < -0.3 is 24.3 Å². The first-order valence-corrected chi connectivity index (χ1v) is 8.08. The molecule has 0 aromatic heterocycles. The van der Waals surface area contributed by atoms with Crippen molar-refractivity contribution in [1.82, 2.24) is 5.32 Å². The lowest BCUT2D eigenvalue weighted by Gasteiger charge is -2.09. The van der Waals surface area contributed by atoms with Gasteiger partial charge in [-0.15, -0.1) is 0 Å². The Bertz CT molecular complexity index is 409. The number of halogens is 1. The fourth-order valence-electron chi connectivity index (χ4n) is 1.61. The molecule has 0 spiro atoms. The number of methoxy groups -OCH3 is 1. The predicted molar refractivity (Wildman–Crippen MR) is 91.2 cm³/mol. The van der Waals surface area contributed by atoms with Crippen molar-refractivity contribution in [2.45, 2.75) is 33.6 Å². The zero-order chi connectivity index (χ0) is 16.8. The summed E-state index contributed by atoms with van der Waals surface area (Å²) < 4.78 is 16.1. The average Bonchev–Trinajstić information content (AvgIpc) is 2.49. The Balaban J connectivity index is 0.000000472. The van der Waals surface area contributed by atoms with E-state index in [1.54, 1.807) is 7.11 Å². The number of aldehydes is 1. The zero-order valence-electron chi connectivity index (χ0n) is 13.7. The molecule has 1 rings (SSSR count). The number of ether oxygens (including phenoxy) is 3. The van der Waals surface area contributed by atoms with Crippen LogP contribution < -0.4 is 10.1 Å². The summed E-state index contributed by atoms with van der Waals surface area (Å²) in [4.78, 5) is 10.1. The molecule has 0 atom stereocenters. The van der Waals surface area contributed by atoms with Crippen LogP contribution in [0.2, 0.25) is 0 Å². The molecule has 0 amide bonds. The molecular weight excluding hydrogens is 350 g/mol. The van der Waals surface area contributed by atoms with Gasteiger partial charge in [0.05, 0.1) is 18.1 Å². The molecule has 0 heterocycles. The summed E-state index contributed by atoms with van der Waals surface area (Å²) in [5.41, 5.74) is 1.11. The lowest BCUT2D eigenvalue weighted by atomic mass is 10.2. The highest BCUT2D eigenvalue weighted by Crippen LogP contribution is 2.25. The lowest BCUT2D eigenvalue weighted by molar-refractivity contribution is -0.123. The van der Waals surface area contributed by atoms with E-state index < -0.39 is 0 Å². The Hall–Kier alpha value is -0.950. The molecule has 0 saturated carbocycles. The van der Waals surface area contributed by atoms with Gasteiger partial charge in [0.2, 0.25) is 0 Å². The number of benzene rings is 1. The standard InChI is InChI=1S/C10H12BrNO2.C6H14O2/c1-14-10-3-2-8(6-9(10)11)7-12-4-5-13;1-4-7-6(3)8-5-2/h2-3,5-6,12H,4,7H2,1H3;6H,4-5H2,1-3H3. The SMILES string of the molecule is CCOC(C)OCC.COc1ccc(CNCC=O)cc1Br. The monoisotopic (exact) mass is 375 g/mol. The Morgan fingerprint density at radius 2 is 1.91 bits per heavy atom. The molecule has 0 aliphatic carbocycles. The van der Waals surface area contributed by atoms with Gasteiger partial charge in [-0.3, -0.25) is 0 Å². The van der Waals surface area contributed by atoms with E-state index in [1.165, 1.54) is 0 Å². The van der Waals surface area contributed by atoms with Gasteiger partial charge in [0.15, 0.2) is 6.29 Å². The van der Waals surface area contributed by atoms with Crippen LogP contribution in [0.5, 0.6) is 5.75 Å². The van der Waals surface area contributed by atoms with Crippen molar-refractivity contribution in [2.24, 2.45) is 0 Å². The summed E-state index contributed by atoms with van der Waals surface area (Å²) in [6.45, 7) is 8.31. The second-order valence-corrected chi connectivity index (χ2v) is 5.10. The van der Waals surface area contributed by atoms with Crippen molar-refractivity contribution in [1.29, 1.82) is 0 Å². The number of hydrogen-bond acceptors (Lipinski definition) is 5. The van der Waals surface area contributed by atoms with Gasteiger partial charge in [0.1, 0.15) is 12.0 Å². The van der Waals surface area contributed by atoms with Crippen molar-refractivity contribution in [2.75, 3.05) is 26.9 Å². The summed E-state index contributed by atoms with van der Waals surface area (Å²) in [7, 11) is 1.63. The third kappa shape index (κ3) is 9.89. The molecule has 0 aliphatic heterocycles. The molecule has 126 valence electrons. The molecule has 0 bridgehead atoms. The van der Waals surface area contributed by atoms with Crippen LogP contribution in [-0.2, 0) is 20.8 Å². The minimum atomic E-state index is -0.0370.